The van der Waals surface area contributed by atoms with Crippen molar-refractivity contribution in [3.8, 4) is 5.69 Å². The fourth-order valence-electron chi connectivity index (χ4n) is 5.14. The Morgan fingerprint density at radius 1 is 1.08 bits per heavy atom. The van der Waals surface area contributed by atoms with Crippen LogP contribution in [-0.4, -0.2) is 46.2 Å². The number of aromatic nitrogens is 3. The number of carbonyl (C=O) groups is 1. The first-order valence-corrected chi connectivity index (χ1v) is 12.2. The van der Waals surface area contributed by atoms with Crippen LogP contribution in [0.3, 0.4) is 0 Å². The molecule has 4 aromatic rings. The van der Waals surface area contributed by atoms with Crippen LogP contribution >= 0.6 is 0 Å². The zero-order valence-electron chi connectivity index (χ0n) is 19.8. The van der Waals surface area contributed by atoms with Crippen LogP contribution < -0.4 is 26.7 Å². The number of nitrogens with two attached hydrogens (primary N) is 1. The second kappa shape index (κ2) is 9.18. The van der Waals surface area contributed by atoms with Crippen LogP contribution in [0.15, 0.2) is 65.7 Å². The minimum atomic E-state index is -0.774. The van der Waals surface area contributed by atoms with Crippen molar-refractivity contribution in [2.24, 2.45) is 5.73 Å². The molecule has 182 valence electrons. The van der Waals surface area contributed by atoms with Crippen molar-refractivity contribution in [2.75, 3.05) is 24.5 Å². The summed E-state index contributed by atoms with van der Waals surface area (Å²) in [5.41, 5.74) is 9.82. The third-order valence-corrected chi connectivity index (χ3v) is 6.94. The number of rotatable bonds is 5. The Hall–Kier alpha value is -4.08. The minimum Gasteiger partial charge on any atom is -0.365 e. The number of hydrogen-bond acceptors (Lipinski definition) is 7. The van der Waals surface area contributed by atoms with Crippen LogP contribution in [-0.2, 0) is 12.8 Å². The number of benzene rings is 2. The number of nitrogens with zero attached hydrogens (tertiary/aromatic N) is 4. The molecule has 1 fully saturated rings. The zero-order chi connectivity index (χ0) is 24.6. The summed E-state index contributed by atoms with van der Waals surface area (Å²) in [6, 6.07) is 16.1. The Morgan fingerprint density at radius 2 is 1.92 bits per heavy atom. The fraction of sp³-hybridized carbons (Fsp3) is 0.259. The average Bonchev–Trinajstić information content (AvgIpc) is 3.38. The lowest BCUT2D eigenvalue weighted by molar-refractivity contribution is 0.0999. The molecule has 0 bridgehead atoms. The van der Waals surface area contributed by atoms with E-state index in [0.717, 1.165) is 43.7 Å². The lowest BCUT2D eigenvalue weighted by Gasteiger charge is -2.35. The van der Waals surface area contributed by atoms with Gasteiger partial charge in [-0.2, -0.15) is 4.98 Å². The van der Waals surface area contributed by atoms with Crippen molar-refractivity contribution in [3.63, 3.8) is 0 Å². The topological polar surface area (TPSA) is 118 Å². The van der Waals surface area contributed by atoms with Gasteiger partial charge >= 0.3 is 0 Å². The normalized spacial score (nSPS) is 17.2. The Kier molecular flexibility index (Phi) is 5.71. The molecule has 2 aromatic heterocycles. The van der Waals surface area contributed by atoms with Gasteiger partial charge in [-0.25, -0.2) is 4.98 Å². The summed E-state index contributed by atoms with van der Waals surface area (Å²) in [4.78, 5) is 36.9. The lowest BCUT2D eigenvalue weighted by atomic mass is 10.1. The van der Waals surface area contributed by atoms with Crippen molar-refractivity contribution in [1.82, 2.24) is 25.2 Å². The van der Waals surface area contributed by atoms with Gasteiger partial charge in [0, 0.05) is 43.4 Å². The van der Waals surface area contributed by atoms with Crippen molar-refractivity contribution >= 4 is 28.6 Å². The van der Waals surface area contributed by atoms with E-state index in [1.807, 2.05) is 41.3 Å². The van der Waals surface area contributed by atoms with Crippen LogP contribution in [0.5, 0.6) is 0 Å². The smallest absolute Gasteiger partial charge is 0.254 e. The van der Waals surface area contributed by atoms with Gasteiger partial charge < -0.3 is 15.6 Å². The molecule has 9 heteroatoms. The van der Waals surface area contributed by atoms with E-state index >= 15 is 0 Å². The number of nitrogens with one attached hydrogen (secondary N) is 2. The van der Waals surface area contributed by atoms with Gasteiger partial charge in [0.25, 0.3) is 5.91 Å². The highest BCUT2D eigenvalue weighted by atomic mass is 16.2. The molecular formula is C27H27N7O2. The first-order chi connectivity index (χ1) is 17.6. The molecule has 1 aliphatic carbocycles. The maximum absolute atomic E-state index is 13.2. The van der Waals surface area contributed by atoms with Crippen LogP contribution in [0.1, 0.15) is 27.9 Å². The van der Waals surface area contributed by atoms with Gasteiger partial charge in [0.05, 0.1) is 5.39 Å². The lowest BCUT2D eigenvalue weighted by Crippen LogP contribution is -2.56. The number of para-hydroxylation sites is 1. The Bertz CT molecular complexity index is 1510. The number of anilines is 2. The van der Waals surface area contributed by atoms with E-state index in [-0.39, 0.29) is 17.1 Å². The summed E-state index contributed by atoms with van der Waals surface area (Å²) in [6.45, 7) is 2.39. The van der Waals surface area contributed by atoms with E-state index in [2.05, 4.69) is 27.8 Å². The monoisotopic (exact) mass is 481 g/mol. The second-order valence-electron chi connectivity index (χ2n) is 9.20. The number of pyridine rings is 1. The SMILES string of the molecule is NC(=O)c1cn(-c2ccc3c(c2)CCC3)c2nc(N(c3ccccc3)C3CNCCN3)ncc2c1=O. The molecule has 0 radical (unpaired) electrons. The van der Waals surface area contributed by atoms with Crippen LogP contribution in [0.25, 0.3) is 16.7 Å². The second-order valence-corrected chi connectivity index (χ2v) is 9.20. The quantitative estimate of drug-likeness (QED) is 0.399. The molecule has 1 aliphatic heterocycles. The number of primary amides is 1. The maximum atomic E-state index is 13.2. The number of fused-ring (bicyclic) bond motifs is 2. The summed E-state index contributed by atoms with van der Waals surface area (Å²) in [5.74, 6) is -0.319. The Balaban J connectivity index is 1.57. The van der Waals surface area contributed by atoms with E-state index in [1.54, 1.807) is 4.57 Å². The third-order valence-electron chi connectivity index (χ3n) is 6.94. The summed E-state index contributed by atoms with van der Waals surface area (Å²) in [5, 5.41) is 7.19. The molecule has 9 nitrogen and oxygen atoms in total. The molecular weight excluding hydrogens is 454 g/mol. The highest BCUT2D eigenvalue weighted by molar-refractivity contribution is 5.96. The molecule has 0 saturated carbocycles. The van der Waals surface area contributed by atoms with Gasteiger partial charge in [0.2, 0.25) is 11.4 Å². The molecule has 1 atom stereocenters. The fourth-order valence-corrected chi connectivity index (χ4v) is 5.14. The van der Waals surface area contributed by atoms with Crippen molar-refractivity contribution in [2.45, 2.75) is 25.4 Å². The molecule has 3 heterocycles. The van der Waals surface area contributed by atoms with Crippen molar-refractivity contribution in [3.05, 3.63) is 87.8 Å². The minimum absolute atomic E-state index is 0.0799. The predicted molar refractivity (Wildman–Crippen MR) is 139 cm³/mol. The number of aryl methyl sites for hydroxylation is 2. The molecule has 2 aromatic carbocycles. The van der Waals surface area contributed by atoms with Gasteiger partial charge in [0.1, 0.15) is 11.7 Å². The standard InChI is InChI=1S/C27H27N7O2/c28-25(36)22-16-33(20-10-9-17-5-4-6-18(17)13-20)26-21(24(22)35)14-31-27(32-26)34(19-7-2-1-3-8-19)23-15-29-11-12-30-23/h1-3,7-10,13-14,16,23,29-30H,4-6,11-12,15H2,(H2,28,36). The van der Waals surface area contributed by atoms with E-state index in [9.17, 15) is 9.59 Å². The van der Waals surface area contributed by atoms with E-state index in [0.29, 0.717) is 18.1 Å². The highest BCUT2D eigenvalue weighted by Gasteiger charge is 2.26. The summed E-state index contributed by atoms with van der Waals surface area (Å²) < 4.78 is 1.79. The van der Waals surface area contributed by atoms with E-state index < -0.39 is 11.3 Å². The Morgan fingerprint density at radius 3 is 2.69 bits per heavy atom. The largest absolute Gasteiger partial charge is 0.365 e. The first-order valence-electron chi connectivity index (χ1n) is 12.2. The number of piperazine rings is 1. The van der Waals surface area contributed by atoms with Gasteiger partial charge in [-0.15, -0.1) is 0 Å². The van der Waals surface area contributed by atoms with Crippen LogP contribution in [0.4, 0.5) is 11.6 Å². The highest BCUT2D eigenvalue weighted by Crippen LogP contribution is 2.28. The number of amides is 1. The molecule has 1 unspecified atom stereocenters. The van der Waals surface area contributed by atoms with E-state index in [1.165, 1.54) is 23.5 Å². The summed E-state index contributed by atoms with van der Waals surface area (Å²) >= 11 is 0. The number of carbonyl (C=O) groups excluding carboxylic acids is 1. The molecule has 2 aliphatic rings. The van der Waals surface area contributed by atoms with E-state index in [4.69, 9.17) is 10.7 Å². The van der Waals surface area contributed by atoms with Gasteiger partial charge in [-0.1, -0.05) is 24.3 Å². The molecule has 6 rings (SSSR count). The molecule has 1 amide bonds. The predicted octanol–water partition coefficient (Wildman–Crippen LogP) is 2.03. The third kappa shape index (κ3) is 3.92. The number of hydrogen-bond donors (Lipinski definition) is 3. The van der Waals surface area contributed by atoms with Gasteiger partial charge in [-0.05, 0) is 54.7 Å². The molecule has 1 saturated heterocycles. The van der Waals surface area contributed by atoms with Crippen molar-refractivity contribution < 1.29 is 4.79 Å². The van der Waals surface area contributed by atoms with Crippen LogP contribution in [0, 0.1) is 0 Å². The Labute approximate surface area is 208 Å². The maximum Gasteiger partial charge on any atom is 0.254 e. The summed E-state index contributed by atoms with van der Waals surface area (Å²) in [6.07, 6.45) is 6.12. The zero-order valence-corrected chi connectivity index (χ0v) is 19.8. The average molecular weight is 482 g/mol. The van der Waals surface area contributed by atoms with Gasteiger partial charge in [-0.3, -0.25) is 19.8 Å². The molecule has 4 N–H and O–H groups in total. The summed E-state index contributed by atoms with van der Waals surface area (Å²) in [7, 11) is 0. The van der Waals surface area contributed by atoms with Crippen molar-refractivity contribution in [1.29, 1.82) is 0 Å². The van der Waals surface area contributed by atoms with Gasteiger partial charge in [0.15, 0.2) is 5.65 Å². The first kappa shape index (κ1) is 22.4. The van der Waals surface area contributed by atoms with Crippen LogP contribution in [0.2, 0.25) is 0 Å². The molecule has 36 heavy (non-hydrogen) atoms. The molecule has 0 spiro atoms.